The minimum absolute atomic E-state index is 0.218. The van der Waals surface area contributed by atoms with Gasteiger partial charge in [0.2, 0.25) is 0 Å². The Balaban J connectivity index is 1.94. The molecule has 2 nitrogen and oxygen atoms in total. The van der Waals surface area contributed by atoms with Crippen LogP contribution in [-0.2, 0) is 6.42 Å². The summed E-state index contributed by atoms with van der Waals surface area (Å²) in [7, 11) is 2.00. The Bertz CT molecular complexity index is 594. The zero-order valence-corrected chi connectivity index (χ0v) is 13.1. The van der Waals surface area contributed by atoms with Gasteiger partial charge in [-0.05, 0) is 54.8 Å². The van der Waals surface area contributed by atoms with Crippen molar-refractivity contribution in [1.29, 1.82) is 0 Å². The van der Waals surface area contributed by atoms with E-state index in [0.29, 0.717) is 0 Å². The molecule has 3 heteroatoms. The zero-order chi connectivity index (χ0) is 13.9. The lowest BCUT2D eigenvalue weighted by Crippen LogP contribution is -2.18. The minimum atomic E-state index is 0.218. The van der Waals surface area contributed by atoms with E-state index in [1.807, 2.05) is 7.05 Å². The van der Waals surface area contributed by atoms with E-state index >= 15 is 0 Å². The predicted octanol–water partition coefficient (Wildman–Crippen LogP) is 4.08. The average Bonchev–Trinajstić information content (AvgIpc) is 2.50. The second-order valence-electron chi connectivity index (χ2n) is 5.09. The van der Waals surface area contributed by atoms with Crippen LogP contribution in [0.1, 0.15) is 29.2 Å². The van der Waals surface area contributed by atoms with Gasteiger partial charge < -0.3 is 10.1 Å². The van der Waals surface area contributed by atoms with Crippen LogP contribution in [0.5, 0.6) is 5.75 Å². The Labute approximate surface area is 128 Å². The molecule has 1 aliphatic rings. The molecule has 104 valence electrons. The maximum absolute atomic E-state index is 5.69. The van der Waals surface area contributed by atoms with E-state index in [4.69, 9.17) is 4.74 Å². The van der Waals surface area contributed by atoms with Gasteiger partial charge in [-0.1, -0.05) is 40.2 Å². The maximum atomic E-state index is 5.69. The predicted molar refractivity (Wildman–Crippen MR) is 85.3 cm³/mol. The molecule has 0 saturated carbocycles. The summed E-state index contributed by atoms with van der Waals surface area (Å²) in [4.78, 5) is 0. The summed E-state index contributed by atoms with van der Waals surface area (Å²) in [6, 6.07) is 15.2. The van der Waals surface area contributed by atoms with E-state index in [1.165, 1.54) is 16.7 Å². The largest absolute Gasteiger partial charge is 0.493 e. The van der Waals surface area contributed by atoms with Crippen molar-refractivity contribution in [2.24, 2.45) is 0 Å². The van der Waals surface area contributed by atoms with E-state index < -0.39 is 0 Å². The number of benzene rings is 2. The van der Waals surface area contributed by atoms with Gasteiger partial charge in [-0.3, -0.25) is 0 Å². The van der Waals surface area contributed by atoms with E-state index in [0.717, 1.165) is 29.7 Å². The summed E-state index contributed by atoms with van der Waals surface area (Å²) in [5.41, 5.74) is 3.89. The van der Waals surface area contributed by atoms with E-state index in [2.05, 4.69) is 63.7 Å². The van der Waals surface area contributed by atoms with Gasteiger partial charge in [0.15, 0.2) is 0 Å². The Morgan fingerprint density at radius 1 is 1.10 bits per heavy atom. The molecule has 1 aliphatic heterocycles. The van der Waals surface area contributed by atoms with E-state index in [1.54, 1.807) is 0 Å². The second-order valence-corrected chi connectivity index (χ2v) is 6.01. The van der Waals surface area contributed by atoms with Crippen LogP contribution in [0.3, 0.4) is 0 Å². The van der Waals surface area contributed by atoms with Crippen molar-refractivity contribution >= 4 is 15.9 Å². The smallest absolute Gasteiger partial charge is 0.122 e. The second kappa shape index (κ2) is 5.98. The van der Waals surface area contributed by atoms with Crippen molar-refractivity contribution < 1.29 is 4.74 Å². The zero-order valence-electron chi connectivity index (χ0n) is 11.5. The van der Waals surface area contributed by atoms with E-state index in [9.17, 15) is 0 Å². The molecule has 0 amide bonds. The molecule has 0 spiro atoms. The van der Waals surface area contributed by atoms with Crippen LogP contribution in [0, 0.1) is 0 Å². The normalized spacial score (nSPS) is 15.3. The first kappa shape index (κ1) is 13.7. The third kappa shape index (κ3) is 2.74. The standard InChI is InChI=1S/C17H18BrNO/c1-19-17(12-4-7-15(18)8-5-12)14-6-9-16-13(11-14)3-2-10-20-16/h4-9,11,17,19H,2-3,10H2,1H3. The van der Waals surface area contributed by atoms with Gasteiger partial charge in [-0.15, -0.1) is 0 Å². The molecule has 1 heterocycles. The third-order valence-corrected chi connectivity index (χ3v) is 4.29. The number of ether oxygens (including phenoxy) is 1. The third-order valence-electron chi connectivity index (χ3n) is 3.76. The SMILES string of the molecule is CNC(c1ccc(Br)cc1)c1ccc2c(c1)CCCO2. The van der Waals surface area contributed by atoms with Gasteiger partial charge >= 0.3 is 0 Å². The molecule has 0 aliphatic carbocycles. The maximum Gasteiger partial charge on any atom is 0.122 e. The lowest BCUT2D eigenvalue weighted by molar-refractivity contribution is 0.288. The number of nitrogens with one attached hydrogen (secondary N) is 1. The molecule has 1 atom stereocenters. The average molecular weight is 332 g/mol. The van der Waals surface area contributed by atoms with Gasteiger partial charge in [0.1, 0.15) is 5.75 Å². The summed E-state index contributed by atoms with van der Waals surface area (Å²) >= 11 is 3.49. The van der Waals surface area contributed by atoms with Crippen LogP contribution in [0.2, 0.25) is 0 Å². The van der Waals surface area contributed by atoms with Crippen molar-refractivity contribution in [3.05, 3.63) is 63.6 Å². The Morgan fingerprint density at radius 2 is 1.85 bits per heavy atom. The fourth-order valence-electron chi connectivity index (χ4n) is 2.74. The number of fused-ring (bicyclic) bond motifs is 1. The van der Waals surface area contributed by atoms with Gasteiger partial charge in [0.25, 0.3) is 0 Å². The van der Waals surface area contributed by atoms with Crippen molar-refractivity contribution in [3.8, 4) is 5.75 Å². The Morgan fingerprint density at radius 3 is 2.60 bits per heavy atom. The van der Waals surface area contributed by atoms with Crippen molar-refractivity contribution in [3.63, 3.8) is 0 Å². The summed E-state index contributed by atoms with van der Waals surface area (Å²) in [6.45, 7) is 0.842. The number of hydrogen-bond acceptors (Lipinski definition) is 2. The molecular weight excluding hydrogens is 314 g/mol. The molecule has 0 radical (unpaired) electrons. The van der Waals surface area contributed by atoms with Crippen molar-refractivity contribution in [1.82, 2.24) is 5.32 Å². The van der Waals surface area contributed by atoms with Gasteiger partial charge in [0.05, 0.1) is 12.6 Å². The topological polar surface area (TPSA) is 21.3 Å². The van der Waals surface area contributed by atoms with Crippen LogP contribution < -0.4 is 10.1 Å². The number of aryl methyl sites for hydroxylation is 1. The fourth-order valence-corrected chi connectivity index (χ4v) is 3.01. The van der Waals surface area contributed by atoms with Crippen molar-refractivity contribution in [2.45, 2.75) is 18.9 Å². The van der Waals surface area contributed by atoms with Gasteiger partial charge in [-0.25, -0.2) is 0 Å². The molecule has 1 N–H and O–H groups in total. The Kier molecular flexibility index (Phi) is 4.08. The molecule has 0 aromatic heterocycles. The molecule has 2 aromatic rings. The fraction of sp³-hybridized carbons (Fsp3) is 0.294. The molecule has 20 heavy (non-hydrogen) atoms. The summed E-state index contributed by atoms with van der Waals surface area (Å²) in [6.07, 6.45) is 2.22. The van der Waals surface area contributed by atoms with Crippen LogP contribution in [0.15, 0.2) is 46.9 Å². The molecule has 0 bridgehead atoms. The van der Waals surface area contributed by atoms with Crippen LogP contribution >= 0.6 is 15.9 Å². The number of hydrogen-bond donors (Lipinski definition) is 1. The van der Waals surface area contributed by atoms with Gasteiger partial charge in [-0.2, -0.15) is 0 Å². The number of rotatable bonds is 3. The lowest BCUT2D eigenvalue weighted by Gasteiger charge is -2.22. The summed E-state index contributed by atoms with van der Waals surface area (Å²) < 4.78 is 6.79. The highest BCUT2D eigenvalue weighted by atomic mass is 79.9. The lowest BCUT2D eigenvalue weighted by atomic mass is 9.95. The van der Waals surface area contributed by atoms with Crippen LogP contribution in [0.4, 0.5) is 0 Å². The first-order chi connectivity index (χ1) is 9.78. The van der Waals surface area contributed by atoms with Crippen LogP contribution in [-0.4, -0.2) is 13.7 Å². The highest BCUT2D eigenvalue weighted by Gasteiger charge is 2.16. The number of halogens is 1. The van der Waals surface area contributed by atoms with E-state index in [-0.39, 0.29) is 6.04 Å². The Hall–Kier alpha value is -1.32. The first-order valence-corrected chi connectivity index (χ1v) is 7.75. The quantitative estimate of drug-likeness (QED) is 0.914. The molecule has 1 unspecified atom stereocenters. The molecule has 0 saturated heterocycles. The highest BCUT2D eigenvalue weighted by molar-refractivity contribution is 9.10. The van der Waals surface area contributed by atoms with Crippen LogP contribution in [0.25, 0.3) is 0 Å². The molecule has 3 rings (SSSR count). The molecule has 0 fully saturated rings. The van der Waals surface area contributed by atoms with Crippen molar-refractivity contribution in [2.75, 3.05) is 13.7 Å². The molecular formula is C17H18BrNO. The first-order valence-electron chi connectivity index (χ1n) is 6.96. The molecule has 2 aromatic carbocycles. The summed E-state index contributed by atoms with van der Waals surface area (Å²) in [5.74, 6) is 1.05. The minimum Gasteiger partial charge on any atom is -0.493 e. The monoisotopic (exact) mass is 331 g/mol. The summed E-state index contributed by atoms with van der Waals surface area (Å²) in [5, 5.41) is 3.40. The highest BCUT2D eigenvalue weighted by Crippen LogP contribution is 2.30. The van der Waals surface area contributed by atoms with Gasteiger partial charge in [0, 0.05) is 4.47 Å².